The zero-order chi connectivity index (χ0) is 14.8. The van der Waals surface area contributed by atoms with Crippen molar-refractivity contribution in [1.82, 2.24) is 4.90 Å². The molecule has 20 heavy (non-hydrogen) atoms. The summed E-state index contributed by atoms with van der Waals surface area (Å²) in [5.74, 6) is -0.582. The van der Waals surface area contributed by atoms with Crippen molar-refractivity contribution in [3.8, 4) is 0 Å². The molecular weight excluding hydrogens is 250 g/mol. The van der Waals surface area contributed by atoms with Gasteiger partial charge in [-0.05, 0) is 32.4 Å². The zero-order valence-corrected chi connectivity index (χ0v) is 13.5. The molecule has 0 aromatic rings. The highest BCUT2D eigenvalue weighted by molar-refractivity contribution is 5.75. The van der Waals surface area contributed by atoms with Gasteiger partial charge in [-0.2, -0.15) is 0 Å². The number of likely N-dealkylation sites (tertiary alicyclic amines) is 1. The molecule has 1 atom stereocenters. The minimum Gasteiger partial charge on any atom is -0.481 e. The summed E-state index contributed by atoms with van der Waals surface area (Å²) in [5, 5.41) is 9.48. The van der Waals surface area contributed by atoms with Crippen LogP contribution in [-0.2, 0) is 4.79 Å². The van der Waals surface area contributed by atoms with Gasteiger partial charge in [-0.3, -0.25) is 4.79 Å². The first kappa shape index (κ1) is 17.5. The summed E-state index contributed by atoms with van der Waals surface area (Å²) in [5.41, 5.74) is -0.449. The lowest BCUT2D eigenvalue weighted by molar-refractivity contribution is -0.148. The maximum atomic E-state index is 11.5. The van der Waals surface area contributed by atoms with Crippen LogP contribution in [0.2, 0.25) is 0 Å². The molecule has 118 valence electrons. The van der Waals surface area contributed by atoms with Gasteiger partial charge in [-0.1, -0.05) is 58.8 Å². The van der Waals surface area contributed by atoms with Crippen LogP contribution >= 0.6 is 0 Å². The highest BCUT2D eigenvalue weighted by Gasteiger charge is 2.43. The number of aliphatic carboxylic acids is 1. The van der Waals surface area contributed by atoms with E-state index in [1.807, 2.05) is 0 Å². The standard InChI is InChI=1S/C17H33NO2/c1-3-5-6-7-8-9-10-13-18-14-12-17(15-18,11-4-2)16(19)20/h3-15H2,1-2H3,(H,19,20). The van der Waals surface area contributed by atoms with Crippen LogP contribution in [0.4, 0.5) is 0 Å². The Morgan fingerprint density at radius 2 is 1.70 bits per heavy atom. The first-order chi connectivity index (χ1) is 9.64. The number of hydrogen-bond acceptors (Lipinski definition) is 2. The van der Waals surface area contributed by atoms with Crippen LogP contribution in [0.25, 0.3) is 0 Å². The monoisotopic (exact) mass is 283 g/mol. The Morgan fingerprint density at radius 3 is 2.30 bits per heavy atom. The van der Waals surface area contributed by atoms with Gasteiger partial charge in [0.05, 0.1) is 5.41 Å². The predicted octanol–water partition coefficient (Wildman–Crippen LogP) is 4.31. The molecule has 1 aliphatic rings. The molecule has 1 N–H and O–H groups in total. The third kappa shape index (κ3) is 5.43. The minimum atomic E-state index is -0.582. The topological polar surface area (TPSA) is 40.5 Å². The van der Waals surface area contributed by atoms with Crippen molar-refractivity contribution in [3.63, 3.8) is 0 Å². The van der Waals surface area contributed by atoms with E-state index in [4.69, 9.17) is 0 Å². The summed E-state index contributed by atoms with van der Waals surface area (Å²) in [6, 6.07) is 0. The first-order valence-corrected chi connectivity index (χ1v) is 8.60. The van der Waals surface area contributed by atoms with Gasteiger partial charge in [0.25, 0.3) is 0 Å². The molecule has 0 aliphatic carbocycles. The number of hydrogen-bond donors (Lipinski definition) is 1. The molecule has 1 saturated heterocycles. The summed E-state index contributed by atoms with van der Waals surface area (Å²) in [7, 11) is 0. The lowest BCUT2D eigenvalue weighted by atomic mass is 9.83. The van der Waals surface area contributed by atoms with Crippen LogP contribution in [0.3, 0.4) is 0 Å². The lowest BCUT2D eigenvalue weighted by Crippen LogP contribution is -2.34. The number of unbranched alkanes of at least 4 members (excludes halogenated alkanes) is 6. The van der Waals surface area contributed by atoms with Crippen molar-refractivity contribution < 1.29 is 9.90 Å². The third-order valence-electron chi connectivity index (χ3n) is 4.69. The molecule has 1 heterocycles. The van der Waals surface area contributed by atoms with E-state index >= 15 is 0 Å². The van der Waals surface area contributed by atoms with Crippen LogP contribution in [0, 0.1) is 5.41 Å². The number of carboxylic acids is 1. The largest absolute Gasteiger partial charge is 0.481 e. The Balaban J connectivity index is 2.15. The summed E-state index contributed by atoms with van der Waals surface area (Å²) in [6.07, 6.45) is 11.9. The van der Waals surface area contributed by atoms with Gasteiger partial charge in [0, 0.05) is 6.54 Å². The number of carboxylic acid groups (broad SMARTS) is 1. The highest BCUT2D eigenvalue weighted by Crippen LogP contribution is 2.35. The Bertz CT molecular complexity index is 280. The average Bonchev–Trinajstić information content (AvgIpc) is 2.83. The van der Waals surface area contributed by atoms with Gasteiger partial charge in [0.1, 0.15) is 0 Å². The highest BCUT2D eigenvalue weighted by atomic mass is 16.4. The number of nitrogens with zero attached hydrogens (tertiary/aromatic N) is 1. The normalized spacial score (nSPS) is 23.3. The smallest absolute Gasteiger partial charge is 0.310 e. The van der Waals surface area contributed by atoms with Gasteiger partial charge in [-0.25, -0.2) is 0 Å². The molecule has 1 fully saturated rings. The molecule has 0 spiro atoms. The summed E-state index contributed by atoms with van der Waals surface area (Å²) in [4.78, 5) is 13.9. The number of rotatable bonds is 11. The summed E-state index contributed by atoms with van der Waals surface area (Å²) < 4.78 is 0. The van der Waals surface area contributed by atoms with Crippen LogP contribution in [0.15, 0.2) is 0 Å². The van der Waals surface area contributed by atoms with Crippen molar-refractivity contribution in [3.05, 3.63) is 0 Å². The molecule has 0 bridgehead atoms. The quantitative estimate of drug-likeness (QED) is 0.574. The van der Waals surface area contributed by atoms with Crippen molar-refractivity contribution in [2.45, 2.75) is 78.1 Å². The van der Waals surface area contributed by atoms with Gasteiger partial charge >= 0.3 is 5.97 Å². The van der Waals surface area contributed by atoms with Gasteiger partial charge in [0.2, 0.25) is 0 Å². The molecule has 3 nitrogen and oxygen atoms in total. The summed E-state index contributed by atoms with van der Waals surface area (Å²) in [6.45, 7) is 7.17. The Labute approximate surface area is 124 Å². The molecule has 1 rings (SSSR count). The maximum absolute atomic E-state index is 11.5. The van der Waals surface area contributed by atoms with E-state index < -0.39 is 11.4 Å². The van der Waals surface area contributed by atoms with E-state index in [1.54, 1.807) is 0 Å². The zero-order valence-electron chi connectivity index (χ0n) is 13.5. The SMILES string of the molecule is CCCCCCCCCN1CCC(CCC)(C(=O)O)C1. The molecule has 1 unspecified atom stereocenters. The van der Waals surface area contributed by atoms with E-state index in [2.05, 4.69) is 18.7 Å². The second-order valence-electron chi connectivity index (χ2n) is 6.48. The first-order valence-electron chi connectivity index (χ1n) is 8.60. The molecule has 3 heteroatoms. The average molecular weight is 283 g/mol. The Kier molecular flexibility index (Phi) is 8.20. The van der Waals surface area contributed by atoms with E-state index in [0.717, 1.165) is 38.9 Å². The van der Waals surface area contributed by atoms with Crippen molar-refractivity contribution >= 4 is 5.97 Å². The van der Waals surface area contributed by atoms with Crippen molar-refractivity contribution in [2.24, 2.45) is 5.41 Å². The third-order valence-corrected chi connectivity index (χ3v) is 4.69. The Morgan fingerprint density at radius 1 is 1.05 bits per heavy atom. The van der Waals surface area contributed by atoms with Crippen LogP contribution in [0.1, 0.15) is 78.1 Å². The van der Waals surface area contributed by atoms with E-state index in [1.165, 1.54) is 44.9 Å². The second kappa shape index (κ2) is 9.38. The fourth-order valence-corrected chi connectivity index (χ4v) is 3.41. The van der Waals surface area contributed by atoms with Crippen molar-refractivity contribution in [1.29, 1.82) is 0 Å². The van der Waals surface area contributed by atoms with E-state index in [0.29, 0.717) is 0 Å². The predicted molar refractivity (Wildman–Crippen MR) is 84.0 cm³/mol. The van der Waals surface area contributed by atoms with Crippen LogP contribution in [-0.4, -0.2) is 35.6 Å². The fraction of sp³-hybridized carbons (Fsp3) is 0.941. The lowest BCUT2D eigenvalue weighted by Gasteiger charge is -2.24. The second-order valence-corrected chi connectivity index (χ2v) is 6.48. The molecular formula is C17H33NO2. The summed E-state index contributed by atoms with van der Waals surface area (Å²) >= 11 is 0. The molecule has 0 radical (unpaired) electrons. The van der Waals surface area contributed by atoms with Crippen LogP contribution in [0.5, 0.6) is 0 Å². The maximum Gasteiger partial charge on any atom is 0.310 e. The number of carbonyl (C=O) groups is 1. The minimum absolute atomic E-state index is 0.449. The van der Waals surface area contributed by atoms with Gasteiger partial charge < -0.3 is 10.0 Å². The molecule has 1 aliphatic heterocycles. The van der Waals surface area contributed by atoms with E-state index in [9.17, 15) is 9.90 Å². The molecule has 0 amide bonds. The van der Waals surface area contributed by atoms with Crippen molar-refractivity contribution in [2.75, 3.05) is 19.6 Å². The fourth-order valence-electron chi connectivity index (χ4n) is 3.41. The van der Waals surface area contributed by atoms with E-state index in [-0.39, 0.29) is 0 Å². The van der Waals surface area contributed by atoms with Crippen LogP contribution < -0.4 is 0 Å². The van der Waals surface area contributed by atoms with Gasteiger partial charge in [0.15, 0.2) is 0 Å². The Hall–Kier alpha value is -0.570. The molecule has 0 aromatic carbocycles. The van der Waals surface area contributed by atoms with Gasteiger partial charge in [-0.15, -0.1) is 0 Å². The molecule has 0 aromatic heterocycles. The molecule has 0 saturated carbocycles.